The lowest BCUT2D eigenvalue weighted by Crippen LogP contribution is -2.21. The van der Waals surface area contributed by atoms with Crippen LogP contribution in [0.25, 0.3) is 32.3 Å². The molecule has 0 N–H and O–H groups in total. The third kappa shape index (κ3) is 4.32. The Morgan fingerprint density at radius 3 is 1.97 bits per heavy atom. The molecule has 36 heavy (non-hydrogen) atoms. The van der Waals surface area contributed by atoms with Crippen LogP contribution in [0.15, 0.2) is 71.7 Å². The number of nitrogens with zero attached hydrogens (tertiary/aromatic N) is 1. The van der Waals surface area contributed by atoms with Gasteiger partial charge in [-0.25, -0.2) is 8.63 Å². The first-order valence-corrected chi connectivity index (χ1v) is 12.3. The minimum Gasteiger partial charge on any atom is -0.504 e. The summed E-state index contributed by atoms with van der Waals surface area (Å²) in [5.74, 6) is 0.187. The van der Waals surface area contributed by atoms with E-state index in [1.807, 2.05) is 39.0 Å². The van der Waals surface area contributed by atoms with Crippen molar-refractivity contribution in [2.75, 3.05) is 0 Å². The van der Waals surface area contributed by atoms with Crippen molar-refractivity contribution in [2.24, 2.45) is 4.99 Å². The monoisotopic (exact) mass is 481 g/mol. The molecule has 0 radical (unpaired) electrons. The molecule has 0 unspecified atom stereocenters. The van der Waals surface area contributed by atoms with E-state index >= 15 is 0 Å². The molecule has 0 aliphatic heterocycles. The van der Waals surface area contributed by atoms with Gasteiger partial charge in [0.05, 0.1) is 5.69 Å². The van der Waals surface area contributed by atoms with Gasteiger partial charge in [0.25, 0.3) is 0 Å². The van der Waals surface area contributed by atoms with Gasteiger partial charge in [-0.15, -0.1) is 0 Å². The first kappa shape index (κ1) is 24.2. The Morgan fingerprint density at radius 2 is 1.36 bits per heavy atom. The minimum absolute atomic E-state index is 0.168. The van der Waals surface area contributed by atoms with Crippen LogP contribution in [-0.4, -0.2) is 13.7 Å². The van der Waals surface area contributed by atoms with Crippen LogP contribution in [0.4, 0.5) is 14.3 Å². The Morgan fingerprint density at radius 1 is 0.750 bits per heavy atom. The van der Waals surface area contributed by atoms with Crippen molar-refractivity contribution in [3.63, 3.8) is 0 Å². The third-order valence-corrected chi connectivity index (χ3v) is 6.85. The number of aliphatic imine (C=N–C) groups is 1. The van der Waals surface area contributed by atoms with Crippen LogP contribution >= 0.6 is 0 Å². The van der Waals surface area contributed by atoms with Crippen LogP contribution in [0.5, 0.6) is 5.75 Å². The van der Waals surface area contributed by atoms with Gasteiger partial charge in [-0.1, -0.05) is 96.1 Å². The molecule has 5 aromatic rings. The lowest BCUT2D eigenvalue weighted by molar-refractivity contribution is 0.412. The molecule has 0 aliphatic rings. The van der Waals surface area contributed by atoms with Crippen LogP contribution < -0.4 is 4.65 Å². The van der Waals surface area contributed by atoms with Crippen molar-refractivity contribution in [2.45, 2.75) is 52.4 Å². The molecular weight excluding hydrogens is 451 g/mol. The lowest BCUT2D eigenvalue weighted by Gasteiger charge is -2.28. The fourth-order valence-electron chi connectivity index (χ4n) is 4.93. The molecule has 5 rings (SSSR count). The topological polar surface area (TPSA) is 21.6 Å². The molecule has 0 fully saturated rings. The van der Waals surface area contributed by atoms with E-state index in [1.165, 1.54) is 21.5 Å². The van der Waals surface area contributed by atoms with Crippen molar-refractivity contribution >= 4 is 51.7 Å². The normalized spacial score (nSPS) is 12.9. The maximum absolute atomic E-state index is 13.5. The van der Waals surface area contributed by atoms with E-state index in [0.29, 0.717) is 5.56 Å². The SMILES string of the molecule is CC(C)(C)c1cc(C=Nc2ccc3ccc4cccc5ccc2c3c45)c(OB(F)F)c(C(C)(C)C)c1. The molecule has 0 heterocycles. The molecule has 0 spiro atoms. The highest BCUT2D eigenvalue weighted by molar-refractivity contribution is 6.35. The zero-order chi connectivity index (χ0) is 25.8. The Balaban J connectivity index is 1.73. The molecule has 5 aromatic carbocycles. The Bertz CT molecular complexity index is 1590. The maximum Gasteiger partial charge on any atom is 0.796 e. The molecule has 182 valence electrons. The van der Waals surface area contributed by atoms with E-state index in [0.717, 1.165) is 27.6 Å². The van der Waals surface area contributed by atoms with Gasteiger partial charge in [0.1, 0.15) is 5.75 Å². The first-order chi connectivity index (χ1) is 16.9. The van der Waals surface area contributed by atoms with E-state index in [2.05, 4.69) is 69.3 Å². The number of hydrogen-bond donors (Lipinski definition) is 0. The number of benzene rings is 5. The summed E-state index contributed by atoms with van der Waals surface area (Å²) in [6, 6.07) is 22.8. The number of hydrogen-bond acceptors (Lipinski definition) is 2. The Kier molecular flexibility index (Phi) is 5.78. The zero-order valence-electron chi connectivity index (χ0n) is 21.6. The van der Waals surface area contributed by atoms with Gasteiger partial charge in [-0.3, -0.25) is 4.99 Å². The smallest absolute Gasteiger partial charge is 0.504 e. The molecule has 2 nitrogen and oxygen atoms in total. The van der Waals surface area contributed by atoms with E-state index in [1.54, 1.807) is 6.21 Å². The van der Waals surface area contributed by atoms with Crippen LogP contribution in [0, 0.1) is 0 Å². The second kappa shape index (κ2) is 8.58. The predicted octanol–water partition coefficient (Wildman–Crippen LogP) is 9.23. The Labute approximate surface area is 211 Å². The minimum atomic E-state index is -2.92. The molecular formula is C31H30BF2NO. The van der Waals surface area contributed by atoms with Gasteiger partial charge < -0.3 is 4.65 Å². The summed E-state index contributed by atoms with van der Waals surface area (Å²) in [6.07, 6.45) is 1.67. The molecule has 5 heteroatoms. The number of halogens is 2. The highest BCUT2D eigenvalue weighted by atomic mass is 19.2. The summed E-state index contributed by atoms with van der Waals surface area (Å²) in [4.78, 5) is 4.85. The fraction of sp³-hybridized carbons (Fsp3) is 0.258. The summed E-state index contributed by atoms with van der Waals surface area (Å²) in [5.41, 5.74) is 2.58. The predicted molar refractivity (Wildman–Crippen MR) is 150 cm³/mol. The maximum atomic E-state index is 13.5. The molecule has 0 atom stereocenters. The van der Waals surface area contributed by atoms with Crippen molar-refractivity contribution in [1.29, 1.82) is 0 Å². The van der Waals surface area contributed by atoms with Crippen LogP contribution in [0.2, 0.25) is 0 Å². The van der Waals surface area contributed by atoms with Crippen molar-refractivity contribution < 1.29 is 13.3 Å². The van der Waals surface area contributed by atoms with Crippen molar-refractivity contribution in [1.82, 2.24) is 0 Å². The van der Waals surface area contributed by atoms with Gasteiger partial charge in [0, 0.05) is 17.2 Å². The molecule has 0 saturated carbocycles. The second-order valence-corrected chi connectivity index (χ2v) is 11.5. The summed E-state index contributed by atoms with van der Waals surface area (Å²) >= 11 is 0. The first-order valence-electron chi connectivity index (χ1n) is 12.3. The summed E-state index contributed by atoms with van der Waals surface area (Å²) in [6.45, 7) is 12.4. The highest BCUT2D eigenvalue weighted by Gasteiger charge is 2.29. The standard InChI is InChI=1S/C31H30BF2NO/c1-30(2,3)23-16-22(29(36-32(33)34)25(17-23)31(4,5)6)18-35-26-15-13-21-11-10-19-8-7-9-20-12-14-24(26)28(21)27(19)20/h7-18H,1-6H3. The van der Waals surface area contributed by atoms with Crippen molar-refractivity contribution in [3.05, 3.63) is 83.4 Å². The third-order valence-electron chi connectivity index (χ3n) is 6.85. The molecule has 0 saturated heterocycles. The average Bonchev–Trinajstić information content (AvgIpc) is 2.80. The van der Waals surface area contributed by atoms with Crippen LogP contribution in [0.3, 0.4) is 0 Å². The fourth-order valence-corrected chi connectivity index (χ4v) is 4.93. The molecule has 0 amide bonds. The molecule has 0 aromatic heterocycles. The highest BCUT2D eigenvalue weighted by Crippen LogP contribution is 2.40. The van der Waals surface area contributed by atoms with Gasteiger partial charge in [0.2, 0.25) is 0 Å². The lowest BCUT2D eigenvalue weighted by atomic mass is 9.79. The largest absolute Gasteiger partial charge is 0.796 e. The van der Waals surface area contributed by atoms with Crippen LogP contribution in [-0.2, 0) is 10.8 Å². The van der Waals surface area contributed by atoms with E-state index in [4.69, 9.17) is 9.65 Å². The summed E-state index contributed by atoms with van der Waals surface area (Å²) < 4.78 is 32.2. The Hall–Kier alpha value is -3.47. The van der Waals surface area contributed by atoms with Gasteiger partial charge in [0.15, 0.2) is 0 Å². The zero-order valence-corrected chi connectivity index (χ0v) is 21.6. The quantitative estimate of drug-likeness (QED) is 0.142. The van der Waals surface area contributed by atoms with Crippen LogP contribution in [0.1, 0.15) is 58.2 Å². The second-order valence-electron chi connectivity index (χ2n) is 11.5. The van der Waals surface area contributed by atoms with E-state index < -0.39 is 7.47 Å². The van der Waals surface area contributed by atoms with Gasteiger partial charge in [-0.05, 0) is 61.0 Å². The van der Waals surface area contributed by atoms with Gasteiger partial charge >= 0.3 is 7.47 Å². The van der Waals surface area contributed by atoms with E-state index in [9.17, 15) is 8.63 Å². The van der Waals surface area contributed by atoms with Crippen molar-refractivity contribution in [3.8, 4) is 5.75 Å². The average molecular weight is 481 g/mol. The van der Waals surface area contributed by atoms with Gasteiger partial charge in [-0.2, -0.15) is 0 Å². The molecule has 0 bridgehead atoms. The summed E-state index contributed by atoms with van der Waals surface area (Å²) in [5, 5.41) is 6.95. The summed E-state index contributed by atoms with van der Waals surface area (Å²) in [7, 11) is -2.92. The molecule has 0 aliphatic carbocycles. The number of rotatable bonds is 4. The van der Waals surface area contributed by atoms with E-state index in [-0.39, 0.29) is 16.6 Å².